The van der Waals surface area contributed by atoms with Gasteiger partial charge >= 0.3 is 11.9 Å². The summed E-state index contributed by atoms with van der Waals surface area (Å²) in [6, 6.07) is 0. The third kappa shape index (κ3) is 11.1. The largest absolute Gasteiger partial charge is 0.463 e. The molecule has 8 nitrogen and oxygen atoms in total. The highest BCUT2D eigenvalue weighted by atomic mass is 16.7. The van der Waals surface area contributed by atoms with Crippen LogP contribution in [-0.2, 0) is 33.3 Å². The topological polar surface area (TPSA) is 83.5 Å². The first-order valence-electron chi connectivity index (χ1n) is 11.9. The molecule has 0 aromatic heterocycles. The van der Waals surface area contributed by atoms with Crippen molar-refractivity contribution in [3.63, 3.8) is 0 Å². The molecule has 1 aliphatic heterocycles. The fourth-order valence-corrected chi connectivity index (χ4v) is 4.22. The Kier molecular flexibility index (Phi) is 14.0. The zero-order chi connectivity index (χ0) is 24.1. The lowest BCUT2D eigenvalue weighted by atomic mass is 9.85. The zero-order valence-corrected chi connectivity index (χ0v) is 21.1. The average Bonchev–Trinajstić information content (AvgIpc) is 2.76. The van der Waals surface area contributed by atoms with E-state index in [-0.39, 0.29) is 43.1 Å². The highest BCUT2D eigenvalue weighted by Crippen LogP contribution is 2.29. The van der Waals surface area contributed by atoms with E-state index in [2.05, 4.69) is 18.9 Å². The predicted molar refractivity (Wildman–Crippen MR) is 122 cm³/mol. The molecule has 1 fully saturated rings. The number of rotatable bonds is 7. The minimum atomic E-state index is -0.693. The first-order chi connectivity index (χ1) is 15.2. The molecule has 5 unspecified atom stereocenters. The molecule has 0 aromatic rings. The highest BCUT2D eigenvalue weighted by molar-refractivity contribution is 5.72. The van der Waals surface area contributed by atoms with Crippen molar-refractivity contribution in [2.24, 2.45) is 11.8 Å². The SMILES string of the molecule is CCC(=O)OC1CC(=O)OC(C)CCN(C)CCC(C)CC(CC(OC)OC)CC1OC. The van der Waals surface area contributed by atoms with Gasteiger partial charge in [-0.25, -0.2) is 0 Å². The van der Waals surface area contributed by atoms with Gasteiger partial charge in [0.05, 0.1) is 12.5 Å². The fourth-order valence-electron chi connectivity index (χ4n) is 4.22. The van der Waals surface area contributed by atoms with Crippen LogP contribution in [0.2, 0.25) is 0 Å². The Morgan fingerprint density at radius 3 is 2.34 bits per heavy atom. The number of methoxy groups -OCH3 is 3. The summed E-state index contributed by atoms with van der Waals surface area (Å²) in [5.74, 6) is -0.0176. The first-order valence-corrected chi connectivity index (χ1v) is 11.9. The summed E-state index contributed by atoms with van der Waals surface area (Å²) in [4.78, 5) is 27.0. The maximum atomic E-state index is 12.6. The molecular weight excluding hydrogens is 414 g/mol. The molecule has 1 heterocycles. The van der Waals surface area contributed by atoms with Crippen molar-refractivity contribution in [1.82, 2.24) is 4.90 Å². The van der Waals surface area contributed by atoms with E-state index in [1.54, 1.807) is 28.3 Å². The van der Waals surface area contributed by atoms with E-state index in [4.69, 9.17) is 23.7 Å². The van der Waals surface area contributed by atoms with Crippen LogP contribution in [0.4, 0.5) is 0 Å². The van der Waals surface area contributed by atoms with Crippen LogP contribution in [0.5, 0.6) is 0 Å². The Balaban J connectivity index is 3.13. The zero-order valence-electron chi connectivity index (χ0n) is 21.1. The van der Waals surface area contributed by atoms with Crippen molar-refractivity contribution < 1.29 is 33.3 Å². The Morgan fingerprint density at radius 1 is 1.09 bits per heavy atom. The summed E-state index contributed by atoms with van der Waals surface area (Å²) in [7, 11) is 6.97. The van der Waals surface area contributed by atoms with E-state index < -0.39 is 12.2 Å². The van der Waals surface area contributed by atoms with Gasteiger partial charge in [-0.1, -0.05) is 13.8 Å². The van der Waals surface area contributed by atoms with Gasteiger partial charge in [0.25, 0.3) is 0 Å². The number of carbonyl (C=O) groups is 2. The summed E-state index contributed by atoms with van der Waals surface area (Å²) < 4.78 is 27.9. The van der Waals surface area contributed by atoms with Crippen molar-refractivity contribution in [3.8, 4) is 0 Å². The maximum absolute atomic E-state index is 12.6. The summed E-state index contributed by atoms with van der Waals surface area (Å²) in [5.41, 5.74) is 0. The fraction of sp³-hybridized carbons (Fsp3) is 0.917. The van der Waals surface area contributed by atoms with Crippen LogP contribution in [0, 0.1) is 11.8 Å². The van der Waals surface area contributed by atoms with Gasteiger partial charge in [-0.15, -0.1) is 0 Å². The molecule has 188 valence electrons. The van der Waals surface area contributed by atoms with Gasteiger partial charge < -0.3 is 28.6 Å². The van der Waals surface area contributed by atoms with Crippen LogP contribution in [0.25, 0.3) is 0 Å². The van der Waals surface area contributed by atoms with Gasteiger partial charge in [0.15, 0.2) is 6.29 Å². The van der Waals surface area contributed by atoms with Crippen LogP contribution in [-0.4, -0.2) is 82.9 Å². The number of cyclic esters (lactones) is 1. The lowest BCUT2D eigenvalue weighted by molar-refractivity contribution is -0.166. The monoisotopic (exact) mass is 459 g/mol. The van der Waals surface area contributed by atoms with Crippen LogP contribution < -0.4 is 0 Å². The third-order valence-corrected chi connectivity index (χ3v) is 6.26. The van der Waals surface area contributed by atoms with Crippen molar-refractivity contribution in [2.45, 2.75) is 90.3 Å². The third-order valence-electron chi connectivity index (χ3n) is 6.26. The van der Waals surface area contributed by atoms with E-state index >= 15 is 0 Å². The molecular formula is C24H45NO7. The molecule has 0 aromatic carbocycles. The molecule has 0 saturated carbocycles. The minimum absolute atomic E-state index is 0.0231. The van der Waals surface area contributed by atoms with Crippen molar-refractivity contribution in [3.05, 3.63) is 0 Å². The first kappa shape index (κ1) is 28.8. The minimum Gasteiger partial charge on any atom is -0.463 e. The molecule has 0 radical (unpaired) electrons. The van der Waals surface area contributed by atoms with Crippen molar-refractivity contribution >= 4 is 11.9 Å². The second-order valence-electron chi connectivity index (χ2n) is 9.12. The number of nitrogens with zero attached hydrogens (tertiary/aromatic N) is 1. The van der Waals surface area contributed by atoms with Crippen LogP contribution >= 0.6 is 0 Å². The number of carbonyl (C=O) groups excluding carboxylic acids is 2. The Labute approximate surface area is 194 Å². The lowest BCUT2D eigenvalue weighted by Gasteiger charge is -2.31. The molecule has 0 aliphatic carbocycles. The second kappa shape index (κ2) is 15.6. The molecule has 8 heteroatoms. The van der Waals surface area contributed by atoms with Crippen LogP contribution in [0.1, 0.15) is 65.7 Å². The molecule has 32 heavy (non-hydrogen) atoms. The Hall–Kier alpha value is -1.22. The van der Waals surface area contributed by atoms with Crippen LogP contribution in [0.3, 0.4) is 0 Å². The molecule has 0 N–H and O–H groups in total. The molecule has 0 spiro atoms. The van der Waals surface area contributed by atoms with Crippen LogP contribution in [0.15, 0.2) is 0 Å². The van der Waals surface area contributed by atoms with E-state index in [0.717, 1.165) is 32.4 Å². The van der Waals surface area contributed by atoms with Gasteiger partial charge in [0.2, 0.25) is 0 Å². The summed E-state index contributed by atoms with van der Waals surface area (Å²) in [6.07, 6.45) is 2.69. The smallest absolute Gasteiger partial charge is 0.309 e. The van der Waals surface area contributed by atoms with Gasteiger partial charge in [-0.05, 0) is 58.0 Å². The lowest BCUT2D eigenvalue weighted by Crippen LogP contribution is -2.38. The Bertz CT molecular complexity index is 540. The average molecular weight is 460 g/mol. The van der Waals surface area contributed by atoms with Crippen molar-refractivity contribution in [1.29, 1.82) is 0 Å². The molecule has 0 bridgehead atoms. The Morgan fingerprint density at radius 2 is 1.75 bits per heavy atom. The predicted octanol–water partition coefficient (Wildman–Crippen LogP) is 3.41. The van der Waals surface area contributed by atoms with E-state index in [1.807, 2.05) is 6.92 Å². The molecule has 1 saturated heterocycles. The van der Waals surface area contributed by atoms with Gasteiger partial charge in [-0.3, -0.25) is 9.59 Å². The molecule has 1 rings (SSSR count). The summed E-state index contributed by atoms with van der Waals surface area (Å²) in [5, 5.41) is 0. The van der Waals surface area contributed by atoms with E-state index in [0.29, 0.717) is 18.8 Å². The molecule has 1 aliphatic rings. The number of ether oxygens (including phenoxy) is 5. The highest BCUT2D eigenvalue weighted by Gasteiger charge is 2.32. The maximum Gasteiger partial charge on any atom is 0.309 e. The van der Waals surface area contributed by atoms with Gasteiger partial charge in [-0.2, -0.15) is 0 Å². The van der Waals surface area contributed by atoms with E-state index in [9.17, 15) is 9.59 Å². The normalized spacial score (nSPS) is 29.8. The van der Waals surface area contributed by atoms with E-state index in [1.165, 1.54) is 0 Å². The van der Waals surface area contributed by atoms with Crippen molar-refractivity contribution in [2.75, 3.05) is 41.5 Å². The molecule has 5 atom stereocenters. The summed E-state index contributed by atoms with van der Waals surface area (Å²) >= 11 is 0. The standard InChI is InChI=1S/C24H45NO7/c1-8-22(26)32-21-16-23(27)31-18(3)10-12-25(4)11-9-17(2)13-19(14-20(21)28-5)15-24(29-6)30-7/h17-21,24H,8-16H2,1-7H3. The summed E-state index contributed by atoms with van der Waals surface area (Å²) in [6.45, 7) is 7.74. The second-order valence-corrected chi connectivity index (χ2v) is 9.12. The molecule has 0 amide bonds. The van der Waals surface area contributed by atoms with Gasteiger partial charge in [0, 0.05) is 40.7 Å². The number of hydrogen-bond acceptors (Lipinski definition) is 8. The quantitative estimate of drug-likeness (QED) is 0.423. The number of esters is 2. The van der Waals surface area contributed by atoms with Gasteiger partial charge in [0.1, 0.15) is 12.2 Å². The number of hydrogen-bond donors (Lipinski definition) is 0.